The van der Waals surface area contributed by atoms with Crippen molar-refractivity contribution in [3.63, 3.8) is 0 Å². The molecule has 0 spiro atoms. The summed E-state index contributed by atoms with van der Waals surface area (Å²) >= 11 is 0. The first-order valence-corrected chi connectivity index (χ1v) is 8.04. The fourth-order valence-corrected chi connectivity index (χ4v) is 2.20. The normalized spacial score (nSPS) is 18.0. The van der Waals surface area contributed by atoms with Crippen molar-refractivity contribution < 1.29 is 39.6 Å². The van der Waals surface area contributed by atoms with Crippen LogP contribution in [0.25, 0.3) is 0 Å². The molecule has 10 heteroatoms. The predicted octanol–water partition coefficient (Wildman–Crippen LogP) is 0.530. The molecule has 1 fully saturated rings. The first-order chi connectivity index (χ1) is 12.6. The van der Waals surface area contributed by atoms with Crippen LogP contribution in [-0.4, -0.2) is 56.9 Å². The molecule has 1 aliphatic rings. The topological polar surface area (TPSA) is 187 Å². The standard InChI is InChI=1S/C11H16N2.2C3H4O4/c12-10-7-4-8-13-11(10)9-5-2-1-3-6-9;2*4-2(5)1-3(6)7/h1-3,5-6,10-11,13H,4,7-8,12H2;2*1H2,(H,4,5)(H,6,7)/t10-,11-;;/m0../s1. The number of carboxylic acid groups (broad SMARTS) is 4. The summed E-state index contributed by atoms with van der Waals surface area (Å²) < 4.78 is 0. The van der Waals surface area contributed by atoms with Gasteiger partial charge in [0.2, 0.25) is 0 Å². The molecule has 1 heterocycles. The van der Waals surface area contributed by atoms with Gasteiger partial charge in [0.05, 0.1) is 0 Å². The van der Waals surface area contributed by atoms with E-state index < -0.39 is 36.7 Å². The highest BCUT2D eigenvalue weighted by Gasteiger charge is 2.21. The molecule has 0 bridgehead atoms. The lowest BCUT2D eigenvalue weighted by atomic mass is 9.93. The van der Waals surface area contributed by atoms with E-state index in [1.54, 1.807) is 0 Å². The SMILES string of the molecule is N[C@H]1CCCN[C@H]1c1ccccc1.O=C(O)CC(=O)O.O=C(O)CC(=O)O. The van der Waals surface area contributed by atoms with E-state index in [2.05, 4.69) is 29.6 Å². The molecule has 1 aromatic rings. The molecule has 0 unspecified atom stereocenters. The van der Waals surface area contributed by atoms with Crippen LogP contribution in [0.2, 0.25) is 0 Å². The summed E-state index contributed by atoms with van der Waals surface area (Å²) in [5.41, 5.74) is 7.36. The minimum Gasteiger partial charge on any atom is -0.481 e. The van der Waals surface area contributed by atoms with Crippen molar-refractivity contribution in [1.29, 1.82) is 0 Å². The Morgan fingerprint density at radius 3 is 1.67 bits per heavy atom. The zero-order chi connectivity index (χ0) is 20.8. The lowest BCUT2D eigenvalue weighted by Crippen LogP contribution is -2.42. The number of carboxylic acids is 4. The summed E-state index contributed by atoms with van der Waals surface area (Å²) in [4.78, 5) is 37.7. The van der Waals surface area contributed by atoms with E-state index in [-0.39, 0.29) is 6.04 Å². The Kier molecular flexibility index (Phi) is 11.8. The molecule has 0 aliphatic carbocycles. The molecule has 0 aromatic heterocycles. The first kappa shape index (κ1) is 24.0. The van der Waals surface area contributed by atoms with Crippen LogP contribution < -0.4 is 11.1 Å². The lowest BCUT2D eigenvalue weighted by Gasteiger charge is -2.30. The summed E-state index contributed by atoms with van der Waals surface area (Å²) in [7, 11) is 0. The number of nitrogens with one attached hydrogen (secondary N) is 1. The summed E-state index contributed by atoms with van der Waals surface area (Å²) in [5.74, 6) is -5.25. The third kappa shape index (κ3) is 13.0. The van der Waals surface area contributed by atoms with Gasteiger partial charge in [-0.3, -0.25) is 19.2 Å². The van der Waals surface area contributed by atoms with Crippen molar-refractivity contribution >= 4 is 23.9 Å². The maximum atomic E-state index is 9.43. The number of hydrogen-bond donors (Lipinski definition) is 6. The van der Waals surface area contributed by atoms with Crippen LogP contribution in [-0.2, 0) is 19.2 Å². The zero-order valence-electron chi connectivity index (χ0n) is 14.6. The average Bonchev–Trinajstić information content (AvgIpc) is 2.54. The molecule has 0 radical (unpaired) electrons. The maximum absolute atomic E-state index is 9.43. The molecule has 2 atom stereocenters. The van der Waals surface area contributed by atoms with Gasteiger partial charge in [-0.1, -0.05) is 30.3 Å². The second-order valence-electron chi connectivity index (χ2n) is 5.58. The Morgan fingerprint density at radius 2 is 1.33 bits per heavy atom. The third-order valence-corrected chi connectivity index (χ3v) is 3.27. The van der Waals surface area contributed by atoms with Crippen molar-refractivity contribution in [3.05, 3.63) is 35.9 Å². The average molecular weight is 384 g/mol. The van der Waals surface area contributed by atoms with Crippen molar-refractivity contribution in [2.45, 2.75) is 37.8 Å². The van der Waals surface area contributed by atoms with Crippen LogP contribution in [0.3, 0.4) is 0 Å². The highest BCUT2D eigenvalue weighted by Crippen LogP contribution is 2.21. The lowest BCUT2D eigenvalue weighted by molar-refractivity contribution is -0.149. The number of hydrogen-bond acceptors (Lipinski definition) is 6. The minimum atomic E-state index is -1.31. The molecular weight excluding hydrogens is 360 g/mol. The molecule has 10 nitrogen and oxygen atoms in total. The second-order valence-corrected chi connectivity index (χ2v) is 5.58. The van der Waals surface area contributed by atoms with E-state index in [0.29, 0.717) is 6.04 Å². The summed E-state index contributed by atoms with van der Waals surface area (Å²) in [5, 5.41) is 34.3. The van der Waals surface area contributed by atoms with Gasteiger partial charge >= 0.3 is 23.9 Å². The highest BCUT2D eigenvalue weighted by atomic mass is 16.4. The van der Waals surface area contributed by atoms with E-state index in [1.807, 2.05) is 6.07 Å². The van der Waals surface area contributed by atoms with Crippen LogP contribution in [0.15, 0.2) is 30.3 Å². The molecule has 1 aromatic carbocycles. The van der Waals surface area contributed by atoms with Crippen LogP contribution in [0, 0.1) is 0 Å². The van der Waals surface area contributed by atoms with Crippen molar-refractivity contribution in [2.75, 3.05) is 6.54 Å². The molecule has 27 heavy (non-hydrogen) atoms. The Bertz CT molecular complexity index is 571. The molecule has 7 N–H and O–H groups in total. The van der Waals surface area contributed by atoms with Gasteiger partial charge in [-0.25, -0.2) is 0 Å². The van der Waals surface area contributed by atoms with Gasteiger partial charge in [0.15, 0.2) is 0 Å². The number of rotatable bonds is 5. The summed E-state index contributed by atoms with van der Waals surface area (Å²) in [6.45, 7) is 1.09. The zero-order valence-corrected chi connectivity index (χ0v) is 14.6. The third-order valence-electron chi connectivity index (χ3n) is 3.27. The number of aliphatic carboxylic acids is 4. The fraction of sp³-hybridized carbons (Fsp3) is 0.412. The second kappa shape index (κ2) is 13.3. The van der Waals surface area contributed by atoms with Gasteiger partial charge in [-0.05, 0) is 24.9 Å². The van der Waals surface area contributed by atoms with Crippen LogP contribution in [0.4, 0.5) is 0 Å². The highest BCUT2D eigenvalue weighted by molar-refractivity contribution is 5.89. The molecule has 1 saturated heterocycles. The Morgan fingerprint density at radius 1 is 0.889 bits per heavy atom. The molecule has 0 saturated carbocycles. The van der Waals surface area contributed by atoms with Crippen molar-refractivity contribution in [2.24, 2.45) is 5.73 Å². The molecule has 0 amide bonds. The van der Waals surface area contributed by atoms with Crippen LogP contribution in [0.1, 0.15) is 37.3 Å². The number of carbonyl (C=O) groups is 4. The van der Waals surface area contributed by atoms with Crippen molar-refractivity contribution in [3.8, 4) is 0 Å². The molecule has 1 aliphatic heterocycles. The van der Waals surface area contributed by atoms with E-state index in [0.717, 1.165) is 13.0 Å². The Hall–Kier alpha value is -2.98. The maximum Gasteiger partial charge on any atom is 0.314 e. The molecular formula is C17H24N2O8. The van der Waals surface area contributed by atoms with E-state index in [1.165, 1.54) is 12.0 Å². The van der Waals surface area contributed by atoms with Gasteiger partial charge in [-0.2, -0.15) is 0 Å². The first-order valence-electron chi connectivity index (χ1n) is 8.04. The van der Waals surface area contributed by atoms with Gasteiger partial charge in [0.1, 0.15) is 12.8 Å². The Balaban J connectivity index is 0.000000416. The number of piperidine rings is 1. The smallest absolute Gasteiger partial charge is 0.314 e. The van der Waals surface area contributed by atoms with Gasteiger partial charge in [0.25, 0.3) is 0 Å². The number of benzene rings is 1. The minimum absolute atomic E-state index is 0.274. The van der Waals surface area contributed by atoms with Gasteiger partial charge < -0.3 is 31.5 Å². The predicted molar refractivity (Wildman–Crippen MR) is 94.2 cm³/mol. The largest absolute Gasteiger partial charge is 0.481 e. The number of nitrogens with two attached hydrogens (primary N) is 1. The molecule has 2 rings (SSSR count). The Labute approximate surface area is 155 Å². The van der Waals surface area contributed by atoms with E-state index >= 15 is 0 Å². The van der Waals surface area contributed by atoms with Gasteiger partial charge in [0, 0.05) is 12.1 Å². The van der Waals surface area contributed by atoms with Gasteiger partial charge in [-0.15, -0.1) is 0 Å². The monoisotopic (exact) mass is 384 g/mol. The van der Waals surface area contributed by atoms with Crippen LogP contribution in [0.5, 0.6) is 0 Å². The molecule has 150 valence electrons. The fourth-order valence-electron chi connectivity index (χ4n) is 2.20. The van der Waals surface area contributed by atoms with E-state index in [4.69, 9.17) is 26.2 Å². The van der Waals surface area contributed by atoms with E-state index in [9.17, 15) is 19.2 Å². The van der Waals surface area contributed by atoms with Crippen LogP contribution >= 0.6 is 0 Å². The summed E-state index contributed by atoms with van der Waals surface area (Å²) in [6.07, 6.45) is 0.719. The van der Waals surface area contributed by atoms with Crippen molar-refractivity contribution in [1.82, 2.24) is 5.32 Å². The summed E-state index contributed by atoms with van der Waals surface area (Å²) in [6, 6.07) is 11.1. The quantitative estimate of drug-likeness (QED) is 0.391.